The van der Waals surface area contributed by atoms with Crippen LogP contribution in [0.15, 0.2) is 21.5 Å². The SMILES string of the molecule is Cc1c(N)cc(Br)cc1S(=O)(=O)NC1CC1. The highest BCUT2D eigenvalue weighted by molar-refractivity contribution is 9.10. The highest BCUT2D eigenvalue weighted by Gasteiger charge is 2.29. The summed E-state index contributed by atoms with van der Waals surface area (Å²) in [5, 5.41) is 0. The van der Waals surface area contributed by atoms with E-state index in [9.17, 15) is 8.42 Å². The molecule has 0 bridgehead atoms. The van der Waals surface area contributed by atoms with E-state index in [1.165, 1.54) is 0 Å². The largest absolute Gasteiger partial charge is 0.398 e. The minimum absolute atomic E-state index is 0.101. The van der Waals surface area contributed by atoms with E-state index in [2.05, 4.69) is 20.7 Å². The number of anilines is 1. The molecule has 0 aromatic heterocycles. The van der Waals surface area contributed by atoms with Crippen molar-refractivity contribution < 1.29 is 8.42 Å². The second kappa shape index (κ2) is 4.01. The van der Waals surface area contributed by atoms with Gasteiger partial charge in [0.25, 0.3) is 0 Å². The summed E-state index contributed by atoms with van der Waals surface area (Å²) < 4.78 is 27.4. The zero-order valence-electron chi connectivity index (χ0n) is 8.83. The van der Waals surface area contributed by atoms with Gasteiger partial charge in [-0.1, -0.05) is 15.9 Å². The van der Waals surface area contributed by atoms with Crippen molar-refractivity contribution in [3.05, 3.63) is 22.2 Å². The van der Waals surface area contributed by atoms with E-state index >= 15 is 0 Å². The van der Waals surface area contributed by atoms with Crippen molar-refractivity contribution in [1.29, 1.82) is 0 Å². The molecule has 6 heteroatoms. The van der Waals surface area contributed by atoms with Gasteiger partial charge in [0.15, 0.2) is 0 Å². The summed E-state index contributed by atoms with van der Waals surface area (Å²) in [5.74, 6) is 0. The summed E-state index contributed by atoms with van der Waals surface area (Å²) in [6.07, 6.45) is 1.84. The Labute approximate surface area is 103 Å². The van der Waals surface area contributed by atoms with Gasteiger partial charge in [-0.2, -0.15) is 0 Å². The second-order valence-corrected chi connectivity index (χ2v) is 6.61. The van der Waals surface area contributed by atoms with Gasteiger partial charge in [0.1, 0.15) is 0 Å². The molecule has 1 aliphatic carbocycles. The molecule has 0 atom stereocenters. The van der Waals surface area contributed by atoms with E-state index in [4.69, 9.17) is 5.73 Å². The summed E-state index contributed by atoms with van der Waals surface area (Å²) in [5.41, 5.74) is 6.81. The molecule has 3 N–H and O–H groups in total. The number of hydrogen-bond acceptors (Lipinski definition) is 3. The zero-order valence-corrected chi connectivity index (χ0v) is 11.2. The molecule has 1 aromatic rings. The molecule has 0 unspecified atom stereocenters. The van der Waals surface area contributed by atoms with Crippen molar-refractivity contribution >= 4 is 31.6 Å². The molecule has 1 saturated carbocycles. The van der Waals surface area contributed by atoms with Crippen LogP contribution < -0.4 is 10.5 Å². The fourth-order valence-corrected chi connectivity index (χ4v) is 3.67. The third kappa shape index (κ3) is 2.39. The average Bonchev–Trinajstić information content (AvgIpc) is 2.94. The lowest BCUT2D eigenvalue weighted by molar-refractivity contribution is 0.580. The van der Waals surface area contributed by atoms with Crippen molar-refractivity contribution in [3.8, 4) is 0 Å². The van der Waals surface area contributed by atoms with Crippen LogP contribution in [0.4, 0.5) is 5.69 Å². The second-order valence-electron chi connectivity index (χ2n) is 4.01. The normalized spacial score (nSPS) is 16.4. The number of nitrogens with one attached hydrogen (secondary N) is 1. The van der Waals surface area contributed by atoms with Crippen molar-refractivity contribution in [3.63, 3.8) is 0 Å². The average molecular weight is 305 g/mol. The topological polar surface area (TPSA) is 72.2 Å². The van der Waals surface area contributed by atoms with Crippen molar-refractivity contribution in [1.82, 2.24) is 4.72 Å². The van der Waals surface area contributed by atoms with Crippen LogP contribution in [-0.4, -0.2) is 14.5 Å². The van der Waals surface area contributed by atoms with Gasteiger partial charge >= 0.3 is 0 Å². The lowest BCUT2D eigenvalue weighted by Gasteiger charge is -2.11. The lowest BCUT2D eigenvalue weighted by Crippen LogP contribution is -2.26. The smallest absolute Gasteiger partial charge is 0.241 e. The third-order valence-corrected chi connectivity index (χ3v) is 4.66. The van der Waals surface area contributed by atoms with Gasteiger partial charge in [0.05, 0.1) is 4.90 Å². The maximum Gasteiger partial charge on any atom is 0.241 e. The maximum absolute atomic E-state index is 12.0. The van der Waals surface area contributed by atoms with Crippen LogP contribution in [0, 0.1) is 6.92 Å². The molecule has 2 rings (SSSR count). The van der Waals surface area contributed by atoms with Crippen LogP contribution in [0.5, 0.6) is 0 Å². The van der Waals surface area contributed by atoms with Crippen molar-refractivity contribution in [2.75, 3.05) is 5.73 Å². The molecule has 0 heterocycles. The monoisotopic (exact) mass is 304 g/mol. The molecule has 0 aliphatic heterocycles. The molecule has 0 amide bonds. The van der Waals surface area contributed by atoms with E-state index in [0.717, 1.165) is 12.8 Å². The van der Waals surface area contributed by atoms with Crippen LogP contribution in [0.2, 0.25) is 0 Å². The quantitative estimate of drug-likeness (QED) is 0.836. The molecule has 0 radical (unpaired) electrons. The summed E-state index contributed by atoms with van der Waals surface area (Å²) in [6.45, 7) is 1.71. The Morgan fingerprint density at radius 2 is 2.06 bits per heavy atom. The number of sulfonamides is 1. The predicted octanol–water partition coefficient (Wildman–Crippen LogP) is 1.78. The highest BCUT2D eigenvalue weighted by Crippen LogP contribution is 2.28. The van der Waals surface area contributed by atoms with Gasteiger partial charge in [0.2, 0.25) is 10.0 Å². The minimum Gasteiger partial charge on any atom is -0.398 e. The first-order valence-corrected chi connectivity index (χ1v) is 7.26. The minimum atomic E-state index is -3.43. The number of hydrogen-bond donors (Lipinski definition) is 2. The zero-order chi connectivity index (χ0) is 11.9. The number of benzene rings is 1. The Morgan fingerprint density at radius 1 is 1.44 bits per heavy atom. The van der Waals surface area contributed by atoms with Gasteiger partial charge in [-0.05, 0) is 37.5 Å². The first kappa shape index (κ1) is 11.9. The molecule has 4 nitrogen and oxygen atoms in total. The Bertz CT molecular complexity index is 524. The highest BCUT2D eigenvalue weighted by atomic mass is 79.9. The molecule has 16 heavy (non-hydrogen) atoms. The van der Waals surface area contributed by atoms with E-state index in [1.807, 2.05) is 0 Å². The fourth-order valence-electron chi connectivity index (χ4n) is 1.44. The summed E-state index contributed by atoms with van der Waals surface area (Å²) in [6, 6.07) is 3.38. The molecule has 88 valence electrons. The number of halogens is 1. The lowest BCUT2D eigenvalue weighted by atomic mass is 10.2. The van der Waals surface area contributed by atoms with Crippen LogP contribution in [-0.2, 0) is 10.0 Å². The Kier molecular flexibility index (Phi) is 2.98. The van der Waals surface area contributed by atoms with Crippen LogP contribution in [0.3, 0.4) is 0 Å². The Balaban J connectivity index is 2.45. The van der Waals surface area contributed by atoms with E-state index in [-0.39, 0.29) is 10.9 Å². The summed E-state index contributed by atoms with van der Waals surface area (Å²) in [7, 11) is -3.43. The number of nitrogens with two attached hydrogens (primary N) is 1. The Hall–Kier alpha value is -0.590. The van der Waals surface area contributed by atoms with Gasteiger partial charge in [-0.25, -0.2) is 13.1 Å². The molecule has 1 aromatic carbocycles. The fraction of sp³-hybridized carbons (Fsp3) is 0.400. The number of nitrogen functional groups attached to an aromatic ring is 1. The van der Waals surface area contributed by atoms with Gasteiger partial charge in [-0.3, -0.25) is 0 Å². The van der Waals surface area contributed by atoms with E-state index < -0.39 is 10.0 Å². The van der Waals surface area contributed by atoms with Crippen molar-refractivity contribution in [2.24, 2.45) is 0 Å². The summed E-state index contributed by atoms with van der Waals surface area (Å²) in [4.78, 5) is 0.256. The van der Waals surface area contributed by atoms with Gasteiger partial charge in [0, 0.05) is 16.2 Å². The van der Waals surface area contributed by atoms with Crippen molar-refractivity contribution in [2.45, 2.75) is 30.7 Å². The van der Waals surface area contributed by atoms with E-state index in [1.54, 1.807) is 19.1 Å². The van der Waals surface area contributed by atoms with Gasteiger partial charge < -0.3 is 5.73 Å². The predicted molar refractivity (Wildman–Crippen MR) is 66.6 cm³/mol. The first-order chi connectivity index (χ1) is 7.40. The summed E-state index contributed by atoms with van der Waals surface area (Å²) >= 11 is 3.25. The van der Waals surface area contributed by atoms with Gasteiger partial charge in [-0.15, -0.1) is 0 Å². The molecule has 1 fully saturated rings. The van der Waals surface area contributed by atoms with Crippen LogP contribution in [0.25, 0.3) is 0 Å². The van der Waals surface area contributed by atoms with Crippen LogP contribution >= 0.6 is 15.9 Å². The molecular formula is C10H13BrN2O2S. The van der Waals surface area contributed by atoms with E-state index in [0.29, 0.717) is 15.7 Å². The standard InChI is InChI=1S/C10H13BrN2O2S/c1-6-9(12)4-7(11)5-10(6)16(14,15)13-8-2-3-8/h4-5,8,13H,2-3,12H2,1H3. The third-order valence-electron chi connectivity index (χ3n) is 2.55. The molecule has 1 aliphatic rings. The molecule has 0 saturated heterocycles. The maximum atomic E-state index is 12.0. The number of rotatable bonds is 3. The molecule has 0 spiro atoms. The van der Waals surface area contributed by atoms with Crippen LogP contribution in [0.1, 0.15) is 18.4 Å². The molecular weight excluding hydrogens is 292 g/mol. The first-order valence-electron chi connectivity index (χ1n) is 4.98. The Morgan fingerprint density at radius 3 is 2.62 bits per heavy atom.